The summed E-state index contributed by atoms with van der Waals surface area (Å²) in [4.78, 5) is 22.5. The van der Waals surface area contributed by atoms with E-state index in [4.69, 9.17) is 5.11 Å². The SMILES string of the molecule is CC1(C)C(=O)N(Cc2cc(F)cc(C(=O)O)c2)S1(=O)=O. The van der Waals surface area contributed by atoms with Gasteiger partial charge in [-0.3, -0.25) is 4.79 Å². The highest BCUT2D eigenvalue weighted by Gasteiger charge is 2.59. The average Bonchev–Trinajstić information content (AvgIpc) is 2.34. The molecule has 1 amide bonds. The summed E-state index contributed by atoms with van der Waals surface area (Å²) >= 11 is 0. The fourth-order valence-electron chi connectivity index (χ4n) is 1.94. The minimum Gasteiger partial charge on any atom is -0.478 e. The molecule has 8 heteroatoms. The van der Waals surface area contributed by atoms with E-state index in [1.54, 1.807) is 0 Å². The minimum atomic E-state index is -3.78. The van der Waals surface area contributed by atoms with Gasteiger partial charge in [0.25, 0.3) is 15.9 Å². The summed E-state index contributed by atoms with van der Waals surface area (Å²) in [6.45, 7) is 2.20. The van der Waals surface area contributed by atoms with Gasteiger partial charge in [0.15, 0.2) is 4.75 Å². The van der Waals surface area contributed by atoms with E-state index in [0.717, 1.165) is 18.2 Å². The third kappa shape index (κ3) is 1.96. The molecule has 1 aromatic rings. The molecule has 0 spiro atoms. The van der Waals surface area contributed by atoms with E-state index in [1.807, 2.05) is 0 Å². The summed E-state index contributed by atoms with van der Waals surface area (Å²) in [5, 5.41) is 8.81. The normalized spacial score (nSPS) is 19.6. The van der Waals surface area contributed by atoms with E-state index in [9.17, 15) is 22.4 Å². The van der Waals surface area contributed by atoms with Gasteiger partial charge in [-0.05, 0) is 37.6 Å². The molecular formula is C12H12FNO5S. The van der Waals surface area contributed by atoms with Gasteiger partial charge in [-0.2, -0.15) is 0 Å². The predicted molar refractivity (Wildman–Crippen MR) is 66.9 cm³/mol. The summed E-state index contributed by atoms with van der Waals surface area (Å²) < 4.78 is 36.2. The second kappa shape index (κ2) is 4.27. The molecule has 0 atom stereocenters. The highest BCUT2D eigenvalue weighted by Crippen LogP contribution is 2.36. The Kier molecular flexibility index (Phi) is 3.09. The molecule has 0 radical (unpaired) electrons. The van der Waals surface area contributed by atoms with Gasteiger partial charge in [0, 0.05) is 0 Å². The molecule has 1 aliphatic rings. The molecule has 1 N–H and O–H groups in total. The second-order valence-electron chi connectivity index (χ2n) is 4.98. The molecule has 0 saturated carbocycles. The monoisotopic (exact) mass is 301 g/mol. The Morgan fingerprint density at radius 1 is 1.35 bits per heavy atom. The second-order valence-corrected chi connectivity index (χ2v) is 7.39. The topological polar surface area (TPSA) is 91.8 Å². The summed E-state index contributed by atoms with van der Waals surface area (Å²) in [7, 11) is -3.78. The van der Waals surface area contributed by atoms with Crippen molar-refractivity contribution in [2.24, 2.45) is 0 Å². The number of carbonyl (C=O) groups excluding carboxylic acids is 1. The van der Waals surface area contributed by atoms with E-state index < -0.39 is 32.5 Å². The molecule has 0 unspecified atom stereocenters. The van der Waals surface area contributed by atoms with Crippen molar-refractivity contribution in [1.82, 2.24) is 4.31 Å². The number of hydrogen-bond donors (Lipinski definition) is 1. The number of nitrogens with zero attached hydrogens (tertiary/aromatic N) is 1. The maximum absolute atomic E-state index is 13.3. The molecule has 1 aromatic carbocycles. The lowest BCUT2D eigenvalue weighted by Crippen LogP contribution is -2.66. The van der Waals surface area contributed by atoms with Gasteiger partial charge in [-0.25, -0.2) is 21.9 Å². The Labute approximate surface area is 114 Å². The summed E-state index contributed by atoms with van der Waals surface area (Å²) in [5.41, 5.74) is -0.195. The average molecular weight is 301 g/mol. The van der Waals surface area contributed by atoms with Crippen molar-refractivity contribution in [3.63, 3.8) is 0 Å². The van der Waals surface area contributed by atoms with Crippen LogP contribution in [0.1, 0.15) is 29.8 Å². The smallest absolute Gasteiger partial charge is 0.335 e. The van der Waals surface area contributed by atoms with E-state index in [1.165, 1.54) is 13.8 Å². The number of rotatable bonds is 3. The molecule has 0 aromatic heterocycles. The van der Waals surface area contributed by atoms with Gasteiger partial charge in [0.05, 0.1) is 12.1 Å². The highest BCUT2D eigenvalue weighted by molar-refractivity contribution is 7.94. The van der Waals surface area contributed by atoms with Crippen molar-refractivity contribution < 1.29 is 27.5 Å². The first-order valence-corrected chi connectivity index (χ1v) is 7.11. The molecule has 0 bridgehead atoms. The lowest BCUT2D eigenvalue weighted by Gasteiger charge is -2.43. The molecule has 108 valence electrons. The van der Waals surface area contributed by atoms with Crippen LogP contribution in [-0.4, -0.2) is 34.5 Å². The standard InChI is InChI=1S/C12H12FNO5S/c1-12(2)11(17)14(20(12,18)19)6-7-3-8(10(15)16)5-9(13)4-7/h3-5H,6H2,1-2H3,(H,15,16). The zero-order valence-electron chi connectivity index (χ0n) is 10.8. The Balaban J connectivity index is 2.33. The number of aromatic carboxylic acids is 1. The number of carboxylic acid groups (broad SMARTS) is 1. The Hall–Kier alpha value is -1.96. The first-order chi connectivity index (χ1) is 9.07. The zero-order chi connectivity index (χ0) is 15.3. The lowest BCUT2D eigenvalue weighted by molar-refractivity contribution is -0.132. The van der Waals surface area contributed by atoms with E-state index in [2.05, 4.69) is 0 Å². The van der Waals surface area contributed by atoms with Crippen LogP contribution >= 0.6 is 0 Å². The van der Waals surface area contributed by atoms with Crippen molar-refractivity contribution in [1.29, 1.82) is 0 Å². The Morgan fingerprint density at radius 3 is 2.45 bits per heavy atom. The summed E-state index contributed by atoms with van der Waals surface area (Å²) in [5.74, 6) is -2.73. The summed E-state index contributed by atoms with van der Waals surface area (Å²) in [6, 6.07) is 2.96. The van der Waals surface area contributed by atoms with Gasteiger partial charge >= 0.3 is 5.97 Å². The van der Waals surface area contributed by atoms with Crippen LogP contribution in [0.25, 0.3) is 0 Å². The van der Waals surface area contributed by atoms with Crippen molar-refractivity contribution in [3.8, 4) is 0 Å². The first-order valence-electron chi connectivity index (χ1n) is 5.67. The van der Waals surface area contributed by atoms with E-state index in [0.29, 0.717) is 4.31 Å². The molecular weight excluding hydrogens is 289 g/mol. The molecule has 1 saturated heterocycles. The molecule has 1 fully saturated rings. The predicted octanol–water partition coefficient (Wildman–Crippen LogP) is 0.975. The number of carboxylic acids is 1. The van der Waals surface area contributed by atoms with Crippen LogP contribution in [0.2, 0.25) is 0 Å². The van der Waals surface area contributed by atoms with Crippen molar-refractivity contribution in [2.75, 3.05) is 0 Å². The molecule has 6 nitrogen and oxygen atoms in total. The Morgan fingerprint density at radius 2 is 1.95 bits per heavy atom. The number of benzene rings is 1. The molecule has 1 heterocycles. The zero-order valence-corrected chi connectivity index (χ0v) is 11.6. The van der Waals surface area contributed by atoms with E-state index in [-0.39, 0.29) is 17.7 Å². The molecule has 2 rings (SSSR count). The largest absolute Gasteiger partial charge is 0.478 e. The molecule has 0 aliphatic carbocycles. The van der Waals surface area contributed by atoms with Crippen LogP contribution in [0.3, 0.4) is 0 Å². The summed E-state index contributed by atoms with van der Waals surface area (Å²) in [6.07, 6.45) is 0. The number of hydrogen-bond acceptors (Lipinski definition) is 4. The van der Waals surface area contributed by atoms with Crippen LogP contribution in [0.5, 0.6) is 0 Å². The highest BCUT2D eigenvalue weighted by atomic mass is 32.2. The number of sulfonamides is 1. The van der Waals surface area contributed by atoms with Gasteiger partial charge in [-0.1, -0.05) is 0 Å². The van der Waals surface area contributed by atoms with Gasteiger partial charge < -0.3 is 5.11 Å². The van der Waals surface area contributed by atoms with Crippen molar-refractivity contribution >= 4 is 21.9 Å². The van der Waals surface area contributed by atoms with Crippen molar-refractivity contribution in [2.45, 2.75) is 25.1 Å². The van der Waals surface area contributed by atoms with Gasteiger partial charge in [0.2, 0.25) is 0 Å². The van der Waals surface area contributed by atoms with E-state index >= 15 is 0 Å². The quantitative estimate of drug-likeness (QED) is 0.898. The van der Waals surface area contributed by atoms with Crippen molar-refractivity contribution in [3.05, 3.63) is 35.1 Å². The minimum absolute atomic E-state index is 0.106. The van der Waals surface area contributed by atoms with Gasteiger partial charge in [-0.15, -0.1) is 0 Å². The van der Waals surface area contributed by atoms with Gasteiger partial charge in [0.1, 0.15) is 5.82 Å². The maximum atomic E-state index is 13.3. The maximum Gasteiger partial charge on any atom is 0.335 e. The third-order valence-corrected chi connectivity index (χ3v) is 5.55. The van der Waals surface area contributed by atoms with Crippen LogP contribution in [0.15, 0.2) is 18.2 Å². The molecule has 20 heavy (non-hydrogen) atoms. The third-order valence-electron chi connectivity index (χ3n) is 3.21. The van der Waals surface area contributed by atoms with Crippen LogP contribution in [0, 0.1) is 5.82 Å². The van der Waals surface area contributed by atoms with Crippen LogP contribution in [-0.2, 0) is 21.4 Å². The van der Waals surface area contributed by atoms with Crippen LogP contribution in [0.4, 0.5) is 4.39 Å². The Bertz CT molecular complexity index is 711. The molecule has 1 aliphatic heterocycles. The van der Waals surface area contributed by atoms with Crippen LogP contribution < -0.4 is 0 Å². The number of amides is 1. The first kappa shape index (κ1) is 14.4. The number of halogens is 1. The fourth-order valence-corrected chi connectivity index (χ4v) is 3.46. The number of carbonyl (C=O) groups is 2. The lowest BCUT2D eigenvalue weighted by atomic mass is 10.1. The fraction of sp³-hybridized carbons (Fsp3) is 0.333.